The number of methoxy groups -OCH3 is 1. The van der Waals surface area contributed by atoms with Crippen LogP contribution in [0.15, 0.2) is 40.9 Å². The number of hydrogen-bond donors (Lipinski definition) is 2. The van der Waals surface area contributed by atoms with Gasteiger partial charge in [-0.1, -0.05) is 32.0 Å². The zero-order valence-corrected chi connectivity index (χ0v) is 21.3. The van der Waals surface area contributed by atoms with Crippen LogP contribution >= 0.6 is 0 Å². The van der Waals surface area contributed by atoms with Gasteiger partial charge in [-0.05, 0) is 47.2 Å². The third-order valence-electron chi connectivity index (χ3n) is 6.31. The molecule has 0 aliphatic carbocycles. The molecule has 1 aliphatic rings. The number of ether oxygens (including phenoxy) is 1. The number of nitrogens with zero attached hydrogens (tertiary/aromatic N) is 2. The van der Waals surface area contributed by atoms with Crippen LogP contribution in [0.1, 0.15) is 59.8 Å². The number of halogens is 2. The Hall–Kier alpha value is -4.28. The summed E-state index contributed by atoms with van der Waals surface area (Å²) in [4.78, 5) is 39.2. The van der Waals surface area contributed by atoms with E-state index < -0.39 is 40.9 Å². The Morgan fingerprint density at radius 2 is 1.84 bits per heavy atom. The molecule has 0 saturated carbocycles. The topological polar surface area (TPSA) is 122 Å². The van der Waals surface area contributed by atoms with E-state index in [4.69, 9.17) is 14.4 Å². The molecule has 38 heavy (non-hydrogen) atoms. The number of rotatable bonds is 6. The van der Waals surface area contributed by atoms with Crippen molar-refractivity contribution >= 4 is 23.5 Å². The molecule has 0 bridgehead atoms. The lowest BCUT2D eigenvalue weighted by Crippen LogP contribution is -2.46. The van der Waals surface area contributed by atoms with Crippen molar-refractivity contribution < 1.29 is 37.5 Å². The van der Waals surface area contributed by atoms with Gasteiger partial charge in [-0.15, -0.1) is 0 Å². The third-order valence-corrected chi connectivity index (χ3v) is 6.31. The SMILES string of the molecule is COc1ccc2c(c1)CCN(C(=O)Cc1cc(C(=O)O)no1)[C@H]2C(=O)Nc1cc(F)c(C(C)(C)C)c(F)c1. The van der Waals surface area contributed by atoms with Gasteiger partial charge < -0.3 is 24.6 Å². The minimum Gasteiger partial charge on any atom is -0.497 e. The van der Waals surface area contributed by atoms with E-state index in [2.05, 4.69) is 10.5 Å². The number of nitrogens with one attached hydrogen (secondary N) is 1. The molecule has 3 aromatic rings. The molecule has 2 heterocycles. The normalized spacial score (nSPS) is 15.1. The van der Waals surface area contributed by atoms with Crippen LogP contribution in [0.25, 0.3) is 0 Å². The Bertz CT molecular complexity index is 1390. The summed E-state index contributed by atoms with van der Waals surface area (Å²) in [6.07, 6.45) is 0.0848. The first kappa shape index (κ1) is 26.8. The van der Waals surface area contributed by atoms with Crippen molar-refractivity contribution in [2.24, 2.45) is 0 Å². The number of carboxylic acid groups (broad SMARTS) is 1. The van der Waals surface area contributed by atoms with E-state index in [1.807, 2.05) is 0 Å². The van der Waals surface area contributed by atoms with Gasteiger partial charge in [-0.25, -0.2) is 13.6 Å². The maximum atomic E-state index is 14.8. The molecule has 1 atom stereocenters. The summed E-state index contributed by atoms with van der Waals surface area (Å²) in [6.45, 7) is 5.19. The molecular formula is C27H27F2N3O6. The zero-order valence-electron chi connectivity index (χ0n) is 21.3. The summed E-state index contributed by atoms with van der Waals surface area (Å²) >= 11 is 0. The number of amides is 2. The summed E-state index contributed by atoms with van der Waals surface area (Å²) in [5, 5.41) is 15.0. The van der Waals surface area contributed by atoms with Gasteiger partial charge in [0.15, 0.2) is 5.69 Å². The highest BCUT2D eigenvalue weighted by Gasteiger charge is 2.37. The highest BCUT2D eigenvalue weighted by Crippen LogP contribution is 2.35. The minimum atomic E-state index is -1.30. The number of carbonyl (C=O) groups is 3. The van der Waals surface area contributed by atoms with Gasteiger partial charge in [-0.2, -0.15) is 0 Å². The molecule has 1 aliphatic heterocycles. The highest BCUT2D eigenvalue weighted by molar-refractivity contribution is 5.98. The average molecular weight is 528 g/mol. The van der Waals surface area contributed by atoms with E-state index in [1.165, 1.54) is 12.0 Å². The summed E-state index contributed by atoms with van der Waals surface area (Å²) in [7, 11) is 1.51. The van der Waals surface area contributed by atoms with Crippen LogP contribution in [0.2, 0.25) is 0 Å². The quantitative estimate of drug-likeness (QED) is 0.491. The second-order valence-corrected chi connectivity index (χ2v) is 10.0. The molecule has 0 radical (unpaired) electrons. The fourth-order valence-electron chi connectivity index (χ4n) is 4.60. The fraction of sp³-hybridized carbons (Fsp3) is 0.333. The van der Waals surface area contributed by atoms with Crippen molar-refractivity contribution in [1.29, 1.82) is 0 Å². The second-order valence-electron chi connectivity index (χ2n) is 10.0. The van der Waals surface area contributed by atoms with E-state index in [0.717, 1.165) is 23.8 Å². The van der Waals surface area contributed by atoms with E-state index in [9.17, 15) is 23.2 Å². The molecule has 2 amide bonds. The minimum absolute atomic E-state index is 0.0222. The number of fused-ring (bicyclic) bond motifs is 1. The molecule has 2 N–H and O–H groups in total. The molecule has 0 unspecified atom stereocenters. The summed E-state index contributed by atoms with van der Waals surface area (Å²) < 4.78 is 39.8. The molecule has 0 spiro atoms. The van der Waals surface area contributed by atoms with Crippen LogP contribution in [0.3, 0.4) is 0 Å². The van der Waals surface area contributed by atoms with Crippen LogP contribution < -0.4 is 10.1 Å². The summed E-state index contributed by atoms with van der Waals surface area (Å²) in [5.74, 6) is -3.48. The lowest BCUT2D eigenvalue weighted by molar-refractivity contribution is -0.139. The number of aromatic nitrogens is 1. The number of benzene rings is 2. The maximum Gasteiger partial charge on any atom is 0.358 e. The Morgan fingerprint density at radius 3 is 2.42 bits per heavy atom. The van der Waals surface area contributed by atoms with E-state index in [1.54, 1.807) is 39.0 Å². The lowest BCUT2D eigenvalue weighted by Gasteiger charge is -2.36. The van der Waals surface area contributed by atoms with Crippen molar-refractivity contribution in [3.05, 3.63) is 76.2 Å². The van der Waals surface area contributed by atoms with Crippen LogP contribution in [-0.2, 0) is 27.8 Å². The van der Waals surface area contributed by atoms with Crippen LogP contribution in [0.5, 0.6) is 5.75 Å². The Balaban J connectivity index is 1.66. The summed E-state index contributed by atoms with van der Waals surface area (Å²) in [6, 6.07) is 7.19. The predicted octanol–water partition coefficient (Wildman–Crippen LogP) is 4.26. The molecule has 0 saturated heterocycles. The molecule has 11 heteroatoms. The van der Waals surface area contributed by atoms with Gasteiger partial charge in [0.05, 0.1) is 13.5 Å². The molecule has 4 rings (SSSR count). The fourth-order valence-corrected chi connectivity index (χ4v) is 4.60. The number of anilines is 1. The molecule has 2 aromatic carbocycles. The smallest absolute Gasteiger partial charge is 0.358 e. The number of hydrogen-bond acceptors (Lipinski definition) is 6. The van der Waals surface area contributed by atoms with Crippen LogP contribution in [0.4, 0.5) is 14.5 Å². The van der Waals surface area contributed by atoms with Gasteiger partial charge in [0.1, 0.15) is 29.2 Å². The molecular weight excluding hydrogens is 500 g/mol. The van der Waals surface area contributed by atoms with Crippen molar-refractivity contribution in [3.8, 4) is 5.75 Å². The van der Waals surface area contributed by atoms with Gasteiger partial charge >= 0.3 is 5.97 Å². The van der Waals surface area contributed by atoms with Gasteiger partial charge in [0.2, 0.25) is 5.91 Å². The first-order valence-corrected chi connectivity index (χ1v) is 11.8. The number of carbonyl (C=O) groups excluding carboxylic acids is 2. The van der Waals surface area contributed by atoms with Gasteiger partial charge in [0, 0.05) is 23.9 Å². The highest BCUT2D eigenvalue weighted by atomic mass is 19.1. The standard InChI is InChI=1S/C27H27F2N3O6/c1-27(2,3)23-19(28)10-15(11-20(23)29)30-25(34)24-18-6-5-16(37-4)9-14(18)7-8-32(24)22(33)13-17-12-21(26(35)36)31-38-17/h5-6,9-12,24H,7-8,13H2,1-4H3,(H,30,34)(H,35,36)/t24-/m1/s1. The summed E-state index contributed by atoms with van der Waals surface area (Å²) in [5.41, 5.74) is -0.0213. The van der Waals surface area contributed by atoms with Gasteiger partial charge in [0.25, 0.3) is 5.91 Å². The van der Waals surface area contributed by atoms with Crippen molar-refractivity contribution in [2.75, 3.05) is 19.0 Å². The maximum absolute atomic E-state index is 14.8. The first-order valence-electron chi connectivity index (χ1n) is 11.8. The van der Waals surface area contributed by atoms with Crippen LogP contribution in [0, 0.1) is 11.6 Å². The molecule has 1 aromatic heterocycles. The average Bonchev–Trinajstić information content (AvgIpc) is 3.30. The van der Waals surface area contributed by atoms with Crippen molar-refractivity contribution in [2.45, 2.75) is 45.1 Å². The Morgan fingerprint density at radius 1 is 1.16 bits per heavy atom. The van der Waals surface area contributed by atoms with Crippen molar-refractivity contribution in [1.82, 2.24) is 10.1 Å². The molecule has 200 valence electrons. The molecule has 0 fully saturated rings. The Labute approximate surface area is 217 Å². The second kappa shape index (κ2) is 10.2. The van der Waals surface area contributed by atoms with E-state index in [-0.39, 0.29) is 35.7 Å². The first-order chi connectivity index (χ1) is 17.9. The monoisotopic (exact) mass is 527 g/mol. The van der Waals surface area contributed by atoms with E-state index >= 15 is 0 Å². The lowest BCUT2D eigenvalue weighted by atomic mass is 9.86. The number of aromatic carboxylic acids is 1. The predicted molar refractivity (Wildman–Crippen MR) is 132 cm³/mol. The largest absolute Gasteiger partial charge is 0.497 e. The Kier molecular flexibility index (Phi) is 7.21. The van der Waals surface area contributed by atoms with Gasteiger partial charge in [-0.3, -0.25) is 9.59 Å². The van der Waals surface area contributed by atoms with Crippen molar-refractivity contribution in [3.63, 3.8) is 0 Å². The van der Waals surface area contributed by atoms with Crippen LogP contribution in [-0.4, -0.2) is 46.6 Å². The third kappa shape index (κ3) is 5.36. The van der Waals surface area contributed by atoms with E-state index in [0.29, 0.717) is 17.7 Å². The number of carboxylic acids is 1. The zero-order chi connectivity index (χ0) is 27.8. The molecule has 9 nitrogen and oxygen atoms in total.